The van der Waals surface area contributed by atoms with Gasteiger partial charge in [0.15, 0.2) is 0 Å². The zero-order valence-corrected chi connectivity index (χ0v) is 13.7. The van der Waals surface area contributed by atoms with Crippen molar-refractivity contribution < 1.29 is 14.1 Å². The average Bonchev–Trinajstić information content (AvgIpc) is 2.98. The van der Waals surface area contributed by atoms with E-state index in [1.165, 1.54) is 19.1 Å². The van der Waals surface area contributed by atoms with Gasteiger partial charge in [0.2, 0.25) is 5.69 Å². The van der Waals surface area contributed by atoms with Crippen LogP contribution in [0.15, 0.2) is 18.2 Å². The molecule has 0 atom stereocenters. The number of nitrogens with zero attached hydrogens (tertiary/aromatic N) is 3. The van der Waals surface area contributed by atoms with Crippen LogP contribution in [0.25, 0.3) is 0 Å². The van der Waals surface area contributed by atoms with Crippen molar-refractivity contribution in [3.8, 4) is 0 Å². The SMILES string of the molecule is Cc1[nH]nc(C(=O)Nc2cc(F)ccc2N2CCCCC2)c1[N+](=O)[O-]. The van der Waals surface area contributed by atoms with E-state index in [0.29, 0.717) is 5.69 Å². The molecule has 0 aliphatic carbocycles. The van der Waals surface area contributed by atoms with Crippen LogP contribution in [0.2, 0.25) is 0 Å². The van der Waals surface area contributed by atoms with E-state index in [4.69, 9.17) is 0 Å². The number of hydrogen-bond acceptors (Lipinski definition) is 5. The van der Waals surface area contributed by atoms with Crippen molar-refractivity contribution >= 4 is 23.0 Å². The van der Waals surface area contributed by atoms with Gasteiger partial charge in [0.05, 0.1) is 16.3 Å². The summed E-state index contributed by atoms with van der Waals surface area (Å²) in [5, 5.41) is 19.8. The van der Waals surface area contributed by atoms with Crippen LogP contribution in [-0.4, -0.2) is 34.1 Å². The fourth-order valence-corrected chi connectivity index (χ4v) is 3.01. The van der Waals surface area contributed by atoms with Crippen molar-refractivity contribution in [2.45, 2.75) is 26.2 Å². The first-order valence-electron chi connectivity index (χ1n) is 8.02. The molecule has 1 saturated heterocycles. The van der Waals surface area contributed by atoms with Crippen LogP contribution >= 0.6 is 0 Å². The lowest BCUT2D eigenvalue weighted by molar-refractivity contribution is -0.385. The predicted molar refractivity (Wildman–Crippen MR) is 90.4 cm³/mol. The van der Waals surface area contributed by atoms with Crippen molar-refractivity contribution in [1.29, 1.82) is 0 Å². The number of carbonyl (C=O) groups excluding carboxylic acids is 1. The number of aromatic nitrogens is 2. The van der Waals surface area contributed by atoms with E-state index >= 15 is 0 Å². The Morgan fingerprint density at radius 2 is 2.08 bits per heavy atom. The molecule has 0 saturated carbocycles. The Bertz CT molecular complexity index is 814. The number of benzene rings is 1. The van der Waals surface area contributed by atoms with E-state index in [1.807, 2.05) is 0 Å². The maximum atomic E-state index is 13.7. The quantitative estimate of drug-likeness (QED) is 0.653. The third-order valence-electron chi connectivity index (χ3n) is 4.22. The smallest absolute Gasteiger partial charge is 0.322 e. The summed E-state index contributed by atoms with van der Waals surface area (Å²) in [5.74, 6) is -1.25. The van der Waals surface area contributed by atoms with Gasteiger partial charge in [-0.05, 0) is 44.4 Å². The number of carbonyl (C=O) groups is 1. The van der Waals surface area contributed by atoms with Crippen LogP contribution in [-0.2, 0) is 0 Å². The minimum atomic E-state index is -0.750. The Labute approximate surface area is 143 Å². The molecular weight excluding hydrogens is 329 g/mol. The number of piperidine rings is 1. The van der Waals surface area contributed by atoms with Gasteiger partial charge in [-0.15, -0.1) is 0 Å². The topological polar surface area (TPSA) is 104 Å². The number of halogens is 1. The molecule has 8 nitrogen and oxygen atoms in total. The second-order valence-corrected chi connectivity index (χ2v) is 5.97. The first-order valence-corrected chi connectivity index (χ1v) is 8.02. The van der Waals surface area contributed by atoms with Gasteiger partial charge in [-0.1, -0.05) is 0 Å². The van der Waals surface area contributed by atoms with Gasteiger partial charge in [-0.3, -0.25) is 20.0 Å². The second-order valence-electron chi connectivity index (χ2n) is 5.97. The van der Waals surface area contributed by atoms with E-state index in [0.717, 1.165) is 32.4 Å². The summed E-state index contributed by atoms with van der Waals surface area (Å²) >= 11 is 0. The van der Waals surface area contributed by atoms with Gasteiger partial charge in [-0.2, -0.15) is 5.10 Å². The molecule has 0 unspecified atom stereocenters. The maximum absolute atomic E-state index is 13.7. The number of aryl methyl sites for hydroxylation is 1. The molecule has 0 radical (unpaired) electrons. The number of aromatic amines is 1. The van der Waals surface area contributed by atoms with Crippen molar-refractivity contribution in [1.82, 2.24) is 10.2 Å². The normalized spacial score (nSPS) is 14.4. The summed E-state index contributed by atoms with van der Waals surface area (Å²) in [5.41, 5.74) is 0.460. The van der Waals surface area contributed by atoms with Crippen molar-refractivity contribution in [2.75, 3.05) is 23.3 Å². The zero-order chi connectivity index (χ0) is 18.0. The molecule has 1 fully saturated rings. The van der Waals surface area contributed by atoms with E-state index in [1.54, 1.807) is 6.07 Å². The molecule has 0 bridgehead atoms. The largest absolute Gasteiger partial charge is 0.370 e. The monoisotopic (exact) mass is 347 g/mol. The second kappa shape index (κ2) is 6.88. The minimum Gasteiger partial charge on any atom is -0.370 e. The van der Waals surface area contributed by atoms with Gasteiger partial charge in [0.25, 0.3) is 5.91 Å². The van der Waals surface area contributed by atoms with Crippen molar-refractivity contribution in [2.24, 2.45) is 0 Å². The summed E-state index contributed by atoms with van der Waals surface area (Å²) in [6.07, 6.45) is 3.18. The molecule has 0 spiro atoms. The molecule has 25 heavy (non-hydrogen) atoms. The minimum absolute atomic E-state index is 0.186. The first kappa shape index (κ1) is 16.9. The van der Waals surface area contributed by atoms with E-state index in [2.05, 4.69) is 20.4 Å². The molecule has 132 valence electrons. The zero-order valence-electron chi connectivity index (χ0n) is 13.7. The summed E-state index contributed by atoms with van der Waals surface area (Å²) in [4.78, 5) is 25.0. The molecule has 1 aliphatic rings. The molecule has 9 heteroatoms. The molecule has 3 rings (SSSR count). The molecule has 1 aromatic heterocycles. The highest BCUT2D eigenvalue weighted by Crippen LogP contribution is 2.30. The Hall–Kier alpha value is -2.97. The highest BCUT2D eigenvalue weighted by atomic mass is 19.1. The maximum Gasteiger partial charge on any atom is 0.322 e. The molecule has 2 aromatic rings. The average molecular weight is 347 g/mol. The highest BCUT2D eigenvalue weighted by molar-refractivity contribution is 6.07. The number of nitro groups is 1. The van der Waals surface area contributed by atoms with Gasteiger partial charge >= 0.3 is 5.69 Å². The van der Waals surface area contributed by atoms with Gasteiger partial charge in [-0.25, -0.2) is 4.39 Å². The third-order valence-corrected chi connectivity index (χ3v) is 4.22. The van der Waals surface area contributed by atoms with Crippen molar-refractivity contribution in [3.05, 3.63) is 45.5 Å². The lowest BCUT2D eigenvalue weighted by Crippen LogP contribution is -2.30. The lowest BCUT2D eigenvalue weighted by atomic mass is 10.1. The van der Waals surface area contributed by atoms with Crippen LogP contribution in [0.5, 0.6) is 0 Å². The Kier molecular flexibility index (Phi) is 4.64. The van der Waals surface area contributed by atoms with Gasteiger partial charge < -0.3 is 10.2 Å². The fourth-order valence-electron chi connectivity index (χ4n) is 3.01. The van der Waals surface area contributed by atoms with Gasteiger partial charge in [0, 0.05) is 13.1 Å². The molecule has 1 aliphatic heterocycles. The van der Waals surface area contributed by atoms with E-state index in [9.17, 15) is 19.3 Å². The number of rotatable bonds is 4. The summed E-state index contributed by atoms with van der Waals surface area (Å²) < 4.78 is 13.7. The highest BCUT2D eigenvalue weighted by Gasteiger charge is 2.28. The van der Waals surface area contributed by atoms with Crippen LogP contribution in [0.3, 0.4) is 0 Å². The number of nitrogens with one attached hydrogen (secondary N) is 2. The number of amides is 1. The Morgan fingerprint density at radius 1 is 1.36 bits per heavy atom. The number of anilines is 2. The Morgan fingerprint density at radius 3 is 2.76 bits per heavy atom. The molecule has 1 aromatic carbocycles. The summed E-state index contributed by atoms with van der Waals surface area (Å²) in [6, 6.07) is 4.16. The first-order chi connectivity index (χ1) is 12.0. The fraction of sp³-hybridized carbons (Fsp3) is 0.375. The van der Waals surface area contributed by atoms with Crippen molar-refractivity contribution in [3.63, 3.8) is 0 Å². The standard InChI is InChI=1S/C16H18FN5O3/c1-10-15(22(24)25)14(20-19-10)16(23)18-12-9-11(17)5-6-13(12)21-7-3-2-4-8-21/h5-6,9H,2-4,7-8H2,1H3,(H,18,23)(H,19,20). The Balaban J connectivity index is 1.91. The summed E-state index contributed by atoms with van der Waals surface area (Å²) in [6.45, 7) is 3.09. The number of hydrogen-bond donors (Lipinski definition) is 2. The molecular formula is C16H18FN5O3. The molecule has 2 heterocycles. The number of H-pyrrole nitrogens is 1. The molecule has 1 amide bonds. The van der Waals surface area contributed by atoms with Crippen LogP contribution in [0.1, 0.15) is 35.4 Å². The lowest BCUT2D eigenvalue weighted by Gasteiger charge is -2.30. The predicted octanol–water partition coefficient (Wildman–Crippen LogP) is 3.01. The third kappa shape index (κ3) is 3.44. The van der Waals surface area contributed by atoms with E-state index in [-0.39, 0.29) is 22.8 Å². The van der Waals surface area contributed by atoms with Crippen LogP contribution < -0.4 is 10.2 Å². The molecule has 2 N–H and O–H groups in total. The summed E-state index contributed by atoms with van der Waals surface area (Å²) in [7, 11) is 0. The van der Waals surface area contributed by atoms with Gasteiger partial charge in [0.1, 0.15) is 11.5 Å². The van der Waals surface area contributed by atoms with E-state index < -0.39 is 16.6 Å². The van der Waals surface area contributed by atoms with Crippen LogP contribution in [0, 0.1) is 22.9 Å². The van der Waals surface area contributed by atoms with Crippen LogP contribution in [0.4, 0.5) is 21.5 Å².